The van der Waals surface area contributed by atoms with E-state index in [-0.39, 0.29) is 32.0 Å². The Morgan fingerprint density at radius 2 is 1.97 bits per heavy atom. The first-order valence-electron chi connectivity index (χ1n) is 12.4. The molecule has 0 saturated heterocycles. The zero-order chi connectivity index (χ0) is 26.5. The van der Waals surface area contributed by atoms with Gasteiger partial charge < -0.3 is 29.9 Å². The number of carbonyl (C=O) groups excluding carboxylic acids is 3. The maximum Gasteiger partial charge on any atom is 0.247 e. The van der Waals surface area contributed by atoms with E-state index < -0.39 is 30.1 Å². The molecule has 4 unspecified atom stereocenters. The third-order valence-electron chi connectivity index (χ3n) is 6.75. The Morgan fingerprint density at radius 3 is 2.62 bits per heavy atom. The van der Waals surface area contributed by atoms with Gasteiger partial charge in [0.1, 0.15) is 18.5 Å². The number of amides is 2. The Morgan fingerprint density at radius 1 is 1.22 bits per heavy atom. The largest absolute Gasteiger partial charge is 0.493 e. The van der Waals surface area contributed by atoms with Crippen LogP contribution in [0.2, 0.25) is 0 Å². The standard InChI is InChI=1S/C28H32N2O7/c1-3-7-23(33)30(15-17-8-5-4-6-9-17)21-14-20(28(35)29-10-11-31)24-19-12-18(16-32)13-22(36-2)26(19)37-27(24)25(21)34/h4-6,8-9,12-14,16,21,24-25,27,31,34H,3,7,10-11,15H2,1-2H3,(H,29,35). The van der Waals surface area contributed by atoms with Gasteiger partial charge in [-0.2, -0.15) is 0 Å². The predicted octanol–water partition coefficient (Wildman–Crippen LogP) is 1.96. The van der Waals surface area contributed by atoms with Gasteiger partial charge in [0.2, 0.25) is 11.8 Å². The molecule has 0 aromatic heterocycles. The monoisotopic (exact) mass is 508 g/mol. The van der Waals surface area contributed by atoms with E-state index in [2.05, 4.69) is 5.32 Å². The number of carbonyl (C=O) groups is 3. The maximum absolute atomic E-state index is 13.3. The van der Waals surface area contributed by atoms with E-state index in [4.69, 9.17) is 9.47 Å². The van der Waals surface area contributed by atoms with E-state index >= 15 is 0 Å². The summed E-state index contributed by atoms with van der Waals surface area (Å²) in [5, 5.41) is 23.5. The number of aliphatic hydroxyl groups is 2. The summed E-state index contributed by atoms with van der Waals surface area (Å²) in [6.45, 7) is 1.94. The highest BCUT2D eigenvalue weighted by Gasteiger charge is 2.51. The van der Waals surface area contributed by atoms with Crippen molar-refractivity contribution in [1.29, 1.82) is 0 Å². The van der Waals surface area contributed by atoms with E-state index in [1.54, 1.807) is 17.0 Å². The van der Waals surface area contributed by atoms with Crippen LogP contribution < -0.4 is 14.8 Å². The number of nitrogens with one attached hydrogen (secondary N) is 1. The lowest BCUT2D eigenvalue weighted by Crippen LogP contribution is -2.55. The summed E-state index contributed by atoms with van der Waals surface area (Å²) in [6, 6.07) is 11.8. The Labute approximate surface area is 215 Å². The molecule has 196 valence electrons. The van der Waals surface area contributed by atoms with Crippen LogP contribution >= 0.6 is 0 Å². The lowest BCUT2D eigenvalue weighted by atomic mass is 9.77. The SMILES string of the molecule is CCCC(=O)N(Cc1ccccc1)C1C=C(C(=O)NCCO)C2c3cc(C=O)cc(OC)c3OC2C1O. The molecule has 0 radical (unpaired) electrons. The zero-order valence-electron chi connectivity index (χ0n) is 20.9. The molecule has 37 heavy (non-hydrogen) atoms. The molecule has 0 spiro atoms. The van der Waals surface area contributed by atoms with Crippen LogP contribution in [0.1, 0.15) is 47.2 Å². The first-order valence-corrected chi connectivity index (χ1v) is 12.4. The Kier molecular flexibility index (Phi) is 8.25. The number of hydrogen-bond donors (Lipinski definition) is 3. The fourth-order valence-electron chi connectivity index (χ4n) is 5.06. The third kappa shape index (κ3) is 5.23. The maximum atomic E-state index is 13.3. The molecule has 2 aromatic rings. The van der Waals surface area contributed by atoms with Crippen molar-refractivity contribution in [2.75, 3.05) is 20.3 Å². The van der Waals surface area contributed by atoms with Gasteiger partial charge in [0.25, 0.3) is 0 Å². The molecule has 1 aliphatic heterocycles. The van der Waals surface area contributed by atoms with Crippen molar-refractivity contribution in [3.8, 4) is 11.5 Å². The fourth-order valence-corrected chi connectivity index (χ4v) is 5.06. The number of aliphatic hydroxyl groups excluding tert-OH is 2. The second-order valence-electron chi connectivity index (χ2n) is 9.16. The molecular weight excluding hydrogens is 476 g/mol. The van der Waals surface area contributed by atoms with Crippen LogP contribution in [0.4, 0.5) is 0 Å². The topological polar surface area (TPSA) is 125 Å². The first kappa shape index (κ1) is 26.4. The van der Waals surface area contributed by atoms with Crippen molar-refractivity contribution in [3.05, 3.63) is 70.8 Å². The van der Waals surface area contributed by atoms with Crippen molar-refractivity contribution in [1.82, 2.24) is 10.2 Å². The van der Waals surface area contributed by atoms with Gasteiger partial charge in [-0.25, -0.2) is 0 Å². The van der Waals surface area contributed by atoms with Gasteiger partial charge >= 0.3 is 0 Å². The number of hydrogen-bond acceptors (Lipinski definition) is 7. The lowest BCUT2D eigenvalue weighted by Gasteiger charge is -2.40. The summed E-state index contributed by atoms with van der Waals surface area (Å²) in [6.07, 6.45) is 1.14. The first-order chi connectivity index (χ1) is 17.9. The number of benzene rings is 2. The van der Waals surface area contributed by atoms with Crippen LogP contribution in [0, 0.1) is 0 Å². The number of ether oxygens (including phenoxy) is 2. The second-order valence-corrected chi connectivity index (χ2v) is 9.16. The molecule has 1 heterocycles. The molecule has 0 fully saturated rings. The molecule has 4 rings (SSSR count). The number of fused-ring (bicyclic) bond motifs is 3. The molecular formula is C28H32N2O7. The summed E-state index contributed by atoms with van der Waals surface area (Å²) in [4.78, 5) is 39.8. The van der Waals surface area contributed by atoms with Gasteiger partial charge in [0, 0.05) is 36.2 Å². The average Bonchev–Trinajstić information content (AvgIpc) is 3.31. The molecule has 2 amide bonds. The molecule has 0 bridgehead atoms. The highest BCUT2D eigenvalue weighted by molar-refractivity contribution is 5.96. The zero-order valence-corrected chi connectivity index (χ0v) is 20.9. The summed E-state index contributed by atoms with van der Waals surface area (Å²) in [5.41, 5.74) is 2.06. The van der Waals surface area contributed by atoms with Crippen molar-refractivity contribution in [2.24, 2.45) is 0 Å². The quantitative estimate of drug-likeness (QED) is 0.419. The number of nitrogens with zero attached hydrogens (tertiary/aromatic N) is 1. The van der Waals surface area contributed by atoms with Crippen LogP contribution in [0.15, 0.2) is 54.1 Å². The molecule has 2 aromatic carbocycles. The van der Waals surface area contributed by atoms with Gasteiger partial charge in [-0.1, -0.05) is 37.3 Å². The molecule has 2 aliphatic rings. The van der Waals surface area contributed by atoms with E-state index in [9.17, 15) is 24.6 Å². The Balaban J connectivity index is 1.82. The van der Waals surface area contributed by atoms with Crippen LogP contribution in [0.25, 0.3) is 0 Å². The summed E-state index contributed by atoms with van der Waals surface area (Å²) >= 11 is 0. The van der Waals surface area contributed by atoms with Crippen molar-refractivity contribution < 1.29 is 34.1 Å². The van der Waals surface area contributed by atoms with Gasteiger partial charge in [0.05, 0.1) is 25.7 Å². The Hall–Kier alpha value is -3.69. The third-order valence-corrected chi connectivity index (χ3v) is 6.75. The molecule has 9 heteroatoms. The van der Waals surface area contributed by atoms with Gasteiger partial charge in [0.15, 0.2) is 11.5 Å². The fraction of sp³-hybridized carbons (Fsp3) is 0.393. The van der Waals surface area contributed by atoms with Crippen LogP contribution in [0.3, 0.4) is 0 Å². The van der Waals surface area contributed by atoms with Crippen LogP contribution in [-0.2, 0) is 16.1 Å². The summed E-state index contributed by atoms with van der Waals surface area (Å²) < 4.78 is 11.6. The minimum absolute atomic E-state index is 0.0364. The number of rotatable bonds is 10. The van der Waals surface area contributed by atoms with E-state index in [0.717, 1.165) is 5.56 Å². The molecule has 1 aliphatic carbocycles. The highest BCUT2D eigenvalue weighted by atomic mass is 16.5. The normalized spacial score (nSPS) is 21.7. The molecule has 3 N–H and O–H groups in total. The summed E-state index contributed by atoms with van der Waals surface area (Å²) in [7, 11) is 1.45. The van der Waals surface area contributed by atoms with Crippen molar-refractivity contribution in [3.63, 3.8) is 0 Å². The van der Waals surface area contributed by atoms with Gasteiger partial charge in [-0.05, 0) is 30.2 Å². The highest BCUT2D eigenvalue weighted by Crippen LogP contribution is 2.51. The lowest BCUT2D eigenvalue weighted by molar-refractivity contribution is -0.138. The van der Waals surface area contributed by atoms with Crippen LogP contribution in [-0.4, -0.2) is 71.7 Å². The van der Waals surface area contributed by atoms with E-state index in [0.29, 0.717) is 40.9 Å². The average molecular weight is 509 g/mol. The smallest absolute Gasteiger partial charge is 0.247 e. The van der Waals surface area contributed by atoms with Crippen LogP contribution in [0.5, 0.6) is 11.5 Å². The minimum Gasteiger partial charge on any atom is -0.493 e. The van der Waals surface area contributed by atoms with E-state index in [1.165, 1.54) is 13.2 Å². The summed E-state index contributed by atoms with van der Waals surface area (Å²) in [5.74, 6) is -0.644. The van der Waals surface area contributed by atoms with Crippen molar-refractivity contribution in [2.45, 2.75) is 50.5 Å². The number of methoxy groups -OCH3 is 1. The van der Waals surface area contributed by atoms with E-state index in [1.807, 2.05) is 37.3 Å². The number of aldehydes is 1. The predicted molar refractivity (Wildman–Crippen MR) is 135 cm³/mol. The van der Waals surface area contributed by atoms with Gasteiger partial charge in [-0.3, -0.25) is 14.4 Å². The molecule has 0 saturated carbocycles. The van der Waals surface area contributed by atoms with Crippen molar-refractivity contribution >= 4 is 18.1 Å². The molecule has 4 atom stereocenters. The van der Waals surface area contributed by atoms with Gasteiger partial charge in [-0.15, -0.1) is 0 Å². The molecule has 9 nitrogen and oxygen atoms in total. The second kappa shape index (κ2) is 11.6. The Bertz CT molecular complexity index is 1180. The minimum atomic E-state index is -1.17.